The van der Waals surface area contributed by atoms with Gasteiger partial charge in [0.25, 0.3) is 5.91 Å². The molecule has 9 heteroatoms. The smallest absolute Gasteiger partial charge is 0.251 e. The van der Waals surface area contributed by atoms with Crippen LogP contribution in [0.1, 0.15) is 16.2 Å². The molecule has 0 aliphatic heterocycles. The van der Waals surface area contributed by atoms with E-state index in [9.17, 15) is 13.2 Å². The van der Waals surface area contributed by atoms with Gasteiger partial charge in [0.1, 0.15) is 0 Å². The Kier molecular flexibility index (Phi) is 5.33. The fraction of sp³-hybridized carbons (Fsp3) is 0.167. The lowest BCUT2D eigenvalue weighted by Crippen LogP contribution is -2.25. The molecule has 0 spiro atoms. The lowest BCUT2D eigenvalue weighted by Gasteiger charge is -2.12. The molecule has 0 saturated carbocycles. The lowest BCUT2D eigenvalue weighted by atomic mass is 10.2. The minimum absolute atomic E-state index is 0.0311. The molecule has 0 radical (unpaired) electrons. The van der Waals surface area contributed by atoms with Gasteiger partial charge in [-0.15, -0.1) is 0 Å². The SMILES string of the molecule is CN(C)S(=O)(=O)c1cccc(C(=O)NCc2nc(-c3ccccc3)no2)c1. The van der Waals surface area contributed by atoms with Crippen molar-refractivity contribution in [1.82, 2.24) is 19.8 Å². The van der Waals surface area contributed by atoms with Gasteiger partial charge in [-0.05, 0) is 18.2 Å². The summed E-state index contributed by atoms with van der Waals surface area (Å²) in [6, 6.07) is 15.1. The molecule has 0 fully saturated rings. The summed E-state index contributed by atoms with van der Waals surface area (Å²) in [6.07, 6.45) is 0. The Bertz CT molecular complexity index is 1050. The van der Waals surface area contributed by atoms with Crippen LogP contribution in [0.5, 0.6) is 0 Å². The van der Waals surface area contributed by atoms with Crippen molar-refractivity contribution in [2.75, 3.05) is 14.1 Å². The van der Waals surface area contributed by atoms with Crippen molar-refractivity contribution >= 4 is 15.9 Å². The van der Waals surface area contributed by atoms with Crippen LogP contribution in [0.3, 0.4) is 0 Å². The Morgan fingerprint density at radius 3 is 2.56 bits per heavy atom. The van der Waals surface area contributed by atoms with Crippen LogP contribution in [0, 0.1) is 0 Å². The number of nitrogens with zero attached hydrogens (tertiary/aromatic N) is 3. The van der Waals surface area contributed by atoms with Gasteiger partial charge in [0.2, 0.25) is 21.7 Å². The Morgan fingerprint density at radius 2 is 1.85 bits per heavy atom. The predicted octanol–water partition coefficient (Wildman–Crippen LogP) is 1.92. The van der Waals surface area contributed by atoms with E-state index >= 15 is 0 Å². The van der Waals surface area contributed by atoms with E-state index < -0.39 is 15.9 Å². The van der Waals surface area contributed by atoms with E-state index in [1.54, 1.807) is 0 Å². The van der Waals surface area contributed by atoms with Gasteiger partial charge < -0.3 is 9.84 Å². The third-order valence-corrected chi connectivity index (χ3v) is 5.59. The summed E-state index contributed by atoms with van der Waals surface area (Å²) in [4.78, 5) is 16.6. The molecule has 0 unspecified atom stereocenters. The minimum atomic E-state index is -3.61. The summed E-state index contributed by atoms with van der Waals surface area (Å²) < 4.78 is 30.6. The highest BCUT2D eigenvalue weighted by atomic mass is 32.2. The van der Waals surface area contributed by atoms with Crippen molar-refractivity contribution < 1.29 is 17.7 Å². The molecule has 2 aromatic carbocycles. The maximum atomic E-state index is 12.3. The molecule has 3 aromatic rings. The molecule has 0 atom stereocenters. The molecule has 0 saturated heterocycles. The predicted molar refractivity (Wildman–Crippen MR) is 98.2 cm³/mol. The van der Waals surface area contributed by atoms with Gasteiger partial charge in [-0.1, -0.05) is 41.6 Å². The van der Waals surface area contributed by atoms with Crippen LogP contribution in [0.15, 0.2) is 64.0 Å². The molecule has 1 N–H and O–H groups in total. The standard InChI is InChI=1S/C18H18N4O4S/c1-22(2)27(24,25)15-10-6-9-14(11-15)18(23)19-12-16-20-17(21-26-16)13-7-4-3-5-8-13/h3-11H,12H2,1-2H3,(H,19,23). The molecule has 27 heavy (non-hydrogen) atoms. The summed E-state index contributed by atoms with van der Waals surface area (Å²) in [5.74, 6) is 0.239. The minimum Gasteiger partial charge on any atom is -0.343 e. The number of rotatable bonds is 6. The molecule has 1 aromatic heterocycles. The number of benzene rings is 2. The molecular formula is C18H18N4O4S. The van der Waals surface area contributed by atoms with Crippen molar-refractivity contribution in [3.63, 3.8) is 0 Å². The van der Waals surface area contributed by atoms with Crippen LogP contribution >= 0.6 is 0 Å². The molecule has 140 valence electrons. The number of hydrogen-bond acceptors (Lipinski definition) is 6. The van der Waals surface area contributed by atoms with E-state index in [4.69, 9.17) is 4.52 Å². The molecule has 1 heterocycles. The van der Waals surface area contributed by atoms with Crippen LogP contribution in [0.2, 0.25) is 0 Å². The second-order valence-corrected chi connectivity index (χ2v) is 8.03. The maximum Gasteiger partial charge on any atom is 0.251 e. The first kappa shape index (κ1) is 18.7. The first-order valence-electron chi connectivity index (χ1n) is 8.07. The largest absolute Gasteiger partial charge is 0.343 e. The molecule has 3 rings (SSSR count). The van der Waals surface area contributed by atoms with Crippen LogP contribution in [0.4, 0.5) is 0 Å². The normalized spacial score (nSPS) is 11.5. The third-order valence-electron chi connectivity index (χ3n) is 3.78. The van der Waals surface area contributed by atoms with Crippen molar-refractivity contribution in [3.05, 3.63) is 66.1 Å². The van der Waals surface area contributed by atoms with E-state index in [0.717, 1.165) is 9.87 Å². The number of sulfonamides is 1. The van der Waals surface area contributed by atoms with Crippen LogP contribution in [0.25, 0.3) is 11.4 Å². The highest BCUT2D eigenvalue weighted by molar-refractivity contribution is 7.89. The van der Waals surface area contributed by atoms with Gasteiger partial charge in [0, 0.05) is 25.2 Å². The van der Waals surface area contributed by atoms with Crippen molar-refractivity contribution in [3.8, 4) is 11.4 Å². The van der Waals surface area contributed by atoms with Gasteiger partial charge in [-0.2, -0.15) is 4.98 Å². The Balaban J connectivity index is 1.69. The fourth-order valence-electron chi connectivity index (χ4n) is 2.30. The summed E-state index contributed by atoms with van der Waals surface area (Å²) in [5.41, 5.74) is 1.03. The summed E-state index contributed by atoms with van der Waals surface area (Å²) in [7, 11) is -0.750. The first-order chi connectivity index (χ1) is 12.9. The monoisotopic (exact) mass is 386 g/mol. The zero-order valence-electron chi connectivity index (χ0n) is 14.8. The third kappa shape index (κ3) is 4.21. The van der Waals surface area contributed by atoms with Crippen molar-refractivity contribution in [2.24, 2.45) is 0 Å². The highest BCUT2D eigenvalue weighted by Gasteiger charge is 2.19. The average molecular weight is 386 g/mol. The number of carbonyl (C=O) groups excluding carboxylic acids is 1. The summed E-state index contributed by atoms with van der Waals surface area (Å²) in [5, 5.41) is 6.53. The first-order valence-corrected chi connectivity index (χ1v) is 9.51. The van der Waals surface area contributed by atoms with Gasteiger partial charge in [0.05, 0.1) is 11.4 Å². The lowest BCUT2D eigenvalue weighted by molar-refractivity contribution is 0.0946. The average Bonchev–Trinajstić information content (AvgIpc) is 3.16. The van der Waals surface area contributed by atoms with E-state index in [1.807, 2.05) is 30.3 Å². The Labute approximate surface area is 156 Å². The topological polar surface area (TPSA) is 105 Å². The van der Waals surface area contributed by atoms with Crippen LogP contribution in [-0.4, -0.2) is 42.9 Å². The molecule has 0 aliphatic carbocycles. The molecular weight excluding hydrogens is 368 g/mol. The second-order valence-electron chi connectivity index (χ2n) is 5.88. The number of amides is 1. The maximum absolute atomic E-state index is 12.3. The zero-order chi connectivity index (χ0) is 19.4. The molecule has 1 amide bonds. The quantitative estimate of drug-likeness (QED) is 0.694. The van der Waals surface area contributed by atoms with Crippen LogP contribution in [-0.2, 0) is 16.6 Å². The second kappa shape index (κ2) is 7.68. The van der Waals surface area contributed by atoms with E-state index in [1.165, 1.54) is 38.4 Å². The Morgan fingerprint density at radius 1 is 1.11 bits per heavy atom. The van der Waals surface area contributed by atoms with E-state index in [2.05, 4.69) is 15.5 Å². The number of nitrogens with one attached hydrogen (secondary N) is 1. The molecule has 0 bridgehead atoms. The molecule has 8 nitrogen and oxygen atoms in total. The van der Waals surface area contributed by atoms with E-state index in [-0.39, 0.29) is 22.9 Å². The summed E-state index contributed by atoms with van der Waals surface area (Å²) >= 11 is 0. The zero-order valence-corrected chi connectivity index (χ0v) is 15.6. The number of carbonyl (C=O) groups is 1. The number of hydrogen-bond donors (Lipinski definition) is 1. The van der Waals surface area contributed by atoms with Crippen molar-refractivity contribution in [2.45, 2.75) is 11.4 Å². The van der Waals surface area contributed by atoms with Gasteiger partial charge >= 0.3 is 0 Å². The molecule has 0 aliphatic rings. The van der Waals surface area contributed by atoms with E-state index in [0.29, 0.717) is 5.82 Å². The number of aromatic nitrogens is 2. The summed E-state index contributed by atoms with van der Waals surface area (Å²) in [6.45, 7) is 0.0311. The van der Waals surface area contributed by atoms with Gasteiger partial charge in [0.15, 0.2) is 0 Å². The van der Waals surface area contributed by atoms with Gasteiger partial charge in [-0.3, -0.25) is 4.79 Å². The van der Waals surface area contributed by atoms with Crippen LogP contribution < -0.4 is 5.32 Å². The highest BCUT2D eigenvalue weighted by Crippen LogP contribution is 2.16. The Hall–Kier alpha value is -3.04. The fourth-order valence-corrected chi connectivity index (χ4v) is 3.25. The van der Waals surface area contributed by atoms with Crippen molar-refractivity contribution in [1.29, 1.82) is 0 Å². The van der Waals surface area contributed by atoms with Gasteiger partial charge in [-0.25, -0.2) is 12.7 Å².